The molecule has 2 aromatic heterocycles. The van der Waals surface area contributed by atoms with E-state index in [9.17, 15) is 19.1 Å². The molecule has 2 saturated heterocycles. The van der Waals surface area contributed by atoms with Crippen LogP contribution in [-0.2, 0) is 49.5 Å². The number of halogens is 1. The zero-order chi connectivity index (χ0) is 42.4. The van der Waals surface area contributed by atoms with Crippen molar-refractivity contribution in [2.45, 2.75) is 160 Å². The quantitative estimate of drug-likeness (QED) is 0.0522. The lowest BCUT2D eigenvalue weighted by atomic mass is 9.86. The molecule has 59 heavy (non-hydrogen) atoms. The van der Waals surface area contributed by atoms with E-state index >= 15 is 0 Å². The molecule has 0 spiro atoms. The monoisotopic (exact) mass is 845 g/mol. The van der Waals surface area contributed by atoms with Crippen LogP contribution in [-0.4, -0.2) is 76.1 Å². The highest BCUT2D eigenvalue weighted by Gasteiger charge is 2.68. The fourth-order valence-corrected chi connectivity index (χ4v) is 8.84. The summed E-state index contributed by atoms with van der Waals surface area (Å²) >= 11 is 0. The van der Waals surface area contributed by atoms with Crippen molar-refractivity contribution in [1.29, 1.82) is 5.26 Å². The van der Waals surface area contributed by atoms with Crippen LogP contribution in [0, 0.1) is 17.1 Å². The predicted octanol–water partition coefficient (Wildman–Crippen LogP) is 9.06. The molecule has 5 rings (SSSR count). The van der Waals surface area contributed by atoms with Crippen molar-refractivity contribution in [2.75, 3.05) is 38.8 Å². The number of aromatic nitrogens is 3. The molecular weight excluding hydrogens is 780 g/mol. The fourth-order valence-electron chi connectivity index (χ4n) is 7.99. The summed E-state index contributed by atoms with van der Waals surface area (Å²) in [5.41, 5.74) is 5.48. The standard InChI is InChI=1S/C43H65FN5O9P/c1-5-6-7-8-9-10-11-12-13-14-15-16-17-18-19-22-52-28-36(53-27-34-23-33(26-45)24-35(44)25-34)29-55-59(50,51)56-30-42(4)40-43(31-54-42,58-41(2,3)57-40)38-21-20-37-39(46)47-32-48-49(37)38/h20-21,23-25,32,36,40H,5-19,22,27-31H2,1-4H3,(H,50,51)(H2,46,47,48)/t36-,40-,42-,43?/m1/s1. The Morgan fingerprint density at radius 3 is 2.31 bits per heavy atom. The molecule has 14 nitrogen and oxygen atoms in total. The number of rotatable bonds is 28. The second-order valence-electron chi connectivity index (χ2n) is 16.6. The van der Waals surface area contributed by atoms with Crippen LogP contribution < -0.4 is 5.73 Å². The van der Waals surface area contributed by atoms with E-state index in [2.05, 4.69) is 17.0 Å². The van der Waals surface area contributed by atoms with Crippen LogP contribution in [0.15, 0.2) is 36.7 Å². The maximum absolute atomic E-state index is 14.1. The molecule has 3 aromatic rings. The highest BCUT2D eigenvalue weighted by molar-refractivity contribution is 7.47. The van der Waals surface area contributed by atoms with Gasteiger partial charge in [-0.25, -0.2) is 18.5 Å². The first-order valence-electron chi connectivity index (χ1n) is 21.4. The third kappa shape index (κ3) is 13.5. The number of nitrogen functional groups attached to an aromatic ring is 1. The first-order chi connectivity index (χ1) is 28.3. The zero-order valence-electron chi connectivity index (χ0n) is 35.4. The maximum atomic E-state index is 14.1. The smallest absolute Gasteiger partial charge is 0.382 e. The highest BCUT2D eigenvalue weighted by Crippen LogP contribution is 2.55. The zero-order valence-corrected chi connectivity index (χ0v) is 36.3. The van der Waals surface area contributed by atoms with Gasteiger partial charge in [-0.15, -0.1) is 0 Å². The van der Waals surface area contributed by atoms with Crippen LogP contribution >= 0.6 is 7.82 Å². The van der Waals surface area contributed by atoms with Crippen molar-refractivity contribution in [3.8, 4) is 6.07 Å². The Labute approximate surface area is 348 Å². The number of nitrogens with two attached hydrogens (primary N) is 1. The summed E-state index contributed by atoms with van der Waals surface area (Å²) in [7, 11) is -4.69. The predicted molar refractivity (Wildman–Crippen MR) is 221 cm³/mol. The number of ether oxygens (including phenoxy) is 5. The van der Waals surface area contributed by atoms with Gasteiger partial charge < -0.3 is 34.3 Å². The van der Waals surface area contributed by atoms with Crippen molar-refractivity contribution in [3.05, 3.63) is 59.3 Å². The van der Waals surface area contributed by atoms with Crippen molar-refractivity contribution in [3.63, 3.8) is 0 Å². The van der Waals surface area contributed by atoms with Crippen LogP contribution in [0.5, 0.6) is 0 Å². The molecule has 0 bridgehead atoms. The van der Waals surface area contributed by atoms with Gasteiger partial charge in [0.05, 0.1) is 50.4 Å². The molecule has 16 heteroatoms. The molecule has 1 aromatic carbocycles. The molecule has 2 aliphatic heterocycles. The highest BCUT2D eigenvalue weighted by atomic mass is 31.2. The van der Waals surface area contributed by atoms with Gasteiger partial charge in [0.1, 0.15) is 35.5 Å². The third-order valence-electron chi connectivity index (χ3n) is 11.0. The Kier molecular flexibility index (Phi) is 17.7. The molecule has 3 N–H and O–H groups in total. The maximum Gasteiger partial charge on any atom is 0.472 e. The number of phosphoric acid groups is 1. The number of benzene rings is 1. The molecule has 2 fully saturated rings. The van der Waals surface area contributed by atoms with Gasteiger partial charge in [0.2, 0.25) is 0 Å². The number of phosphoric ester groups is 1. The molecule has 2 aliphatic rings. The molecular formula is C43H65FN5O9P. The van der Waals surface area contributed by atoms with Gasteiger partial charge in [-0.05, 0) is 63.1 Å². The van der Waals surface area contributed by atoms with E-state index in [1.165, 1.54) is 95.5 Å². The van der Waals surface area contributed by atoms with Gasteiger partial charge in [0.15, 0.2) is 17.2 Å². The Morgan fingerprint density at radius 2 is 1.64 bits per heavy atom. The van der Waals surface area contributed by atoms with Crippen molar-refractivity contribution in [2.24, 2.45) is 0 Å². The number of hydrogen-bond donors (Lipinski definition) is 2. The van der Waals surface area contributed by atoms with Crippen LogP contribution in [0.4, 0.5) is 10.2 Å². The number of hydrogen-bond acceptors (Lipinski definition) is 12. The van der Waals surface area contributed by atoms with Gasteiger partial charge in [-0.1, -0.05) is 96.8 Å². The second-order valence-corrected chi connectivity index (χ2v) is 18.1. The Morgan fingerprint density at radius 1 is 0.983 bits per heavy atom. The molecule has 4 heterocycles. The lowest BCUT2D eigenvalue weighted by Crippen LogP contribution is -2.48. The molecule has 328 valence electrons. The minimum absolute atomic E-state index is 0.0355. The minimum atomic E-state index is -4.69. The summed E-state index contributed by atoms with van der Waals surface area (Å²) in [4.78, 5) is 14.9. The number of unbranched alkanes of at least 4 members (excludes halogenated alkanes) is 14. The topological polar surface area (TPSA) is 182 Å². The number of nitriles is 1. The van der Waals surface area contributed by atoms with Crippen LogP contribution in [0.3, 0.4) is 0 Å². The van der Waals surface area contributed by atoms with E-state index in [1.54, 1.807) is 31.4 Å². The van der Waals surface area contributed by atoms with Crippen molar-refractivity contribution in [1.82, 2.24) is 14.6 Å². The molecule has 2 unspecified atom stereocenters. The van der Waals surface area contributed by atoms with Crippen molar-refractivity contribution >= 4 is 19.2 Å². The fraction of sp³-hybridized carbons (Fsp3) is 0.698. The largest absolute Gasteiger partial charge is 0.472 e. The summed E-state index contributed by atoms with van der Waals surface area (Å²) in [6.07, 6.45) is 18.7. The SMILES string of the molecule is CCCCCCCCCCCCCCCCCOC[C@H](COP(=O)(O)OC[C@@]1(C)OCC2(c3ccc4c(N)ncnn34)OC(C)(C)O[C@@H]21)OCc1cc(F)cc(C#N)c1. The Balaban J connectivity index is 1.08. The van der Waals surface area contributed by atoms with Gasteiger partial charge >= 0.3 is 7.82 Å². The normalized spacial score (nSPS) is 22.7. The van der Waals surface area contributed by atoms with E-state index in [0.717, 1.165) is 25.3 Å². The lowest BCUT2D eigenvalue weighted by Gasteiger charge is -2.31. The van der Waals surface area contributed by atoms with Gasteiger partial charge in [-0.2, -0.15) is 10.4 Å². The van der Waals surface area contributed by atoms with Crippen LogP contribution in [0.2, 0.25) is 0 Å². The van der Waals surface area contributed by atoms with E-state index in [1.807, 2.05) is 12.1 Å². The summed E-state index contributed by atoms with van der Waals surface area (Å²) < 4.78 is 71.2. The summed E-state index contributed by atoms with van der Waals surface area (Å²) in [6.45, 7) is 7.29. The van der Waals surface area contributed by atoms with E-state index < -0.39 is 42.8 Å². The van der Waals surface area contributed by atoms with Crippen molar-refractivity contribution < 1.29 is 46.6 Å². The van der Waals surface area contributed by atoms with Gasteiger partial charge in [0.25, 0.3) is 0 Å². The Bertz CT molecular complexity index is 1860. The number of fused-ring (bicyclic) bond motifs is 2. The lowest BCUT2D eigenvalue weighted by molar-refractivity contribution is -0.208. The third-order valence-corrected chi connectivity index (χ3v) is 12.0. The van der Waals surface area contributed by atoms with E-state index in [4.69, 9.17) is 38.5 Å². The van der Waals surface area contributed by atoms with Crippen LogP contribution in [0.1, 0.15) is 141 Å². The van der Waals surface area contributed by atoms with Gasteiger partial charge in [0, 0.05) is 6.61 Å². The van der Waals surface area contributed by atoms with Crippen LogP contribution in [0.25, 0.3) is 5.52 Å². The summed E-state index contributed by atoms with van der Waals surface area (Å²) in [5.74, 6) is -1.31. The molecule has 5 atom stereocenters. The van der Waals surface area contributed by atoms with E-state index in [0.29, 0.717) is 29.2 Å². The minimum Gasteiger partial charge on any atom is -0.382 e. The summed E-state index contributed by atoms with van der Waals surface area (Å²) in [6, 6.07) is 9.47. The number of anilines is 1. The first kappa shape index (κ1) is 47.0. The molecule has 0 saturated carbocycles. The molecule has 0 amide bonds. The number of nitrogens with zero attached hydrogens (tertiary/aromatic N) is 4. The average Bonchev–Trinajstić information content (AvgIpc) is 3.85. The Hall–Kier alpha value is -3.03. The van der Waals surface area contributed by atoms with Gasteiger partial charge in [-0.3, -0.25) is 9.05 Å². The molecule has 0 radical (unpaired) electrons. The first-order valence-corrected chi connectivity index (χ1v) is 22.9. The summed E-state index contributed by atoms with van der Waals surface area (Å²) in [5, 5.41) is 13.7. The van der Waals surface area contributed by atoms with E-state index in [-0.39, 0.29) is 38.6 Å². The second kappa shape index (κ2) is 22.2. The average molecular weight is 846 g/mol. The molecule has 0 aliphatic carbocycles.